The van der Waals surface area contributed by atoms with Gasteiger partial charge in [0.25, 0.3) is 5.91 Å². The van der Waals surface area contributed by atoms with Crippen molar-refractivity contribution in [1.29, 1.82) is 0 Å². The Morgan fingerprint density at radius 2 is 1.47 bits per heavy atom. The zero-order valence-corrected chi connectivity index (χ0v) is 21.3. The summed E-state index contributed by atoms with van der Waals surface area (Å²) >= 11 is 3.43. The number of amides is 1. The highest BCUT2D eigenvalue weighted by atomic mass is 79.9. The van der Waals surface area contributed by atoms with Crippen molar-refractivity contribution >= 4 is 28.1 Å². The topological polar surface area (TPSA) is 69.2 Å². The molecule has 0 spiro atoms. The average Bonchev–Trinajstić information content (AvgIpc) is 2.92. The number of para-hydroxylation sites is 1. The quantitative estimate of drug-likeness (QED) is 0.186. The lowest BCUT2D eigenvalue weighted by molar-refractivity contribution is 0.0954. The van der Waals surface area contributed by atoms with E-state index in [0.29, 0.717) is 36.0 Å². The van der Waals surface area contributed by atoms with E-state index in [1.54, 1.807) is 24.4 Å². The van der Waals surface area contributed by atoms with Crippen molar-refractivity contribution in [1.82, 2.24) is 5.43 Å². The fourth-order valence-corrected chi connectivity index (χ4v) is 3.61. The van der Waals surface area contributed by atoms with Crippen LogP contribution in [0, 0.1) is 0 Å². The Morgan fingerprint density at radius 1 is 0.806 bits per heavy atom. The molecule has 4 rings (SSSR count). The molecule has 182 valence electrons. The second-order valence-corrected chi connectivity index (χ2v) is 8.71. The maximum absolute atomic E-state index is 12.7. The van der Waals surface area contributed by atoms with Gasteiger partial charge in [-0.1, -0.05) is 70.5 Å². The third-order valence-electron chi connectivity index (χ3n) is 5.26. The summed E-state index contributed by atoms with van der Waals surface area (Å²) in [6, 6.07) is 30.3. The molecule has 0 atom stereocenters. The van der Waals surface area contributed by atoms with Gasteiger partial charge in [-0.3, -0.25) is 4.79 Å². The molecular weight excluding hydrogens is 520 g/mol. The number of hydrogen-bond donors (Lipinski definition) is 1. The molecule has 0 fully saturated rings. The van der Waals surface area contributed by atoms with Gasteiger partial charge in [0.1, 0.15) is 19.0 Å². The Labute approximate surface area is 218 Å². The van der Waals surface area contributed by atoms with Crippen LogP contribution in [0.1, 0.15) is 27.0 Å². The fourth-order valence-electron chi connectivity index (χ4n) is 3.35. The molecule has 0 aliphatic heterocycles. The Morgan fingerprint density at radius 3 is 2.22 bits per heavy atom. The molecule has 0 aliphatic rings. The number of hydrogen-bond acceptors (Lipinski definition) is 5. The molecule has 0 unspecified atom stereocenters. The van der Waals surface area contributed by atoms with E-state index in [0.717, 1.165) is 21.2 Å². The molecule has 0 aliphatic carbocycles. The summed E-state index contributed by atoms with van der Waals surface area (Å²) in [5.74, 6) is 1.32. The van der Waals surface area contributed by atoms with Gasteiger partial charge in [-0.25, -0.2) is 5.43 Å². The van der Waals surface area contributed by atoms with Crippen molar-refractivity contribution in [3.8, 4) is 17.2 Å². The van der Waals surface area contributed by atoms with Gasteiger partial charge in [-0.2, -0.15) is 5.10 Å². The fraction of sp³-hybridized carbons (Fsp3) is 0.103. The third-order valence-corrected chi connectivity index (χ3v) is 5.79. The maximum Gasteiger partial charge on any atom is 0.271 e. The first kappa shape index (κ1) is 25.0. The van der Waals surface area contributed by atoms with E-state index in [2.05, 4.69) is 26.5 Å². The monoisotopic (exact) mass is 544 g/mol. The number of methoxy groups -OCH3 is 1. The number of benzene rings is 4. The number of halogens is 1. The van der Waals surface area contributed by atoms with Crippen molar-refractivity contribution in [3.05, 3.63) is 124 Å². The zero-order valence-electron chi connectivity index (χ0n) is 19.7. The Bertz CT molecular complexity index is 1320. The minimum Gasteiger partial charge on any atom is -0.493 e. The van der Waals surface area contributed by atoms with E-state index < -0.39 is 0 Å². The molecule has 4 aromatic carbocycles. The van der Waals surface area contributed by atoms with Crippen LogP contribution >= 0.6 is 15.9 Å². The van der Waals surface area contributed by atoms with Crippen LogP contribution in [0.2, 0.25) is 0 Å². The molecule has 4 aromatic rings. The average molecular weight is 545 g/mol. The van der Waals surface area contributed by atoms with Crippen molar-refractivity contribution < 1.29 is 19.0 Å². The second kappa shape index (κ2) is 12.6. The highest BCUT2D eigenvalue weighted by molar-refractivity contribution is 9.10. The van der Waals surface area contributed by atoms with E-state index in [4.69, 9.17) is 14.2 Å². The van der Waals surface area contributed by atoms with Gasteiger partial charge in [0.2, 0.25) is 0 Å². The smallest absolute Gasteiger partial charge is 0.271 e. The summed E-state index contributed by atoms with van der Waals surface area (Å²) in [6.07, 6.45) is 1.56. The van der Waals surface area contributed by atoms with Gasteiger partial charge in [0.15, 0.2) is 11.5 Å². The first-order chi connectivity index (χ1) is 17.6. The molecule has 0 aromatic heterocycles. The Hall–Kier alpha value is -4.10. The van der Waals surface area contributed by atoms with Gasteiger partial charge in [-0.15, -0.1) is 0 Å². The van der Waals surface area contributed by atoms with Crippen LogP contribution in [0.5, 0.6) is 17.2 Å². The van der Waals surface area contributed by atoms with E-state index in [1.165, 1.54) is 7.11 Å². The van der Waals surface area contributed by atoms with Crippen molar-refractivity contribution in [3.63, 3.8) is 0 Å². The lowest BCUT2D eigenvalue weighted by Crippen LogP contribution is -2.17. The predicted octanol–water partition coefficient (Wildman–Crippen LogP) is 6.38. The molecule has 0 bridgehead atoms. The van der Waals surface area contributed by atoms with Crippen molar-refractivity contribution in [2.75, 3.05) is 7.11 Å². The highest BCUT2D eigenvalue weighted by Gasteiger charge is 2.11. The predicted molar refractivity (Wildman–Crippen MR) is 144 cm³/mol. The number of ether oxygens (including phenoxy) is 3. The summed E-state index contributed by atoms with van der Waals surface area (Å²) in [7, 11) is 1.54. The molecule has 1 N–H and O–H groups in total. The minimum absolute atomic E-state index is 0.368. The molecule has 0 radical (unpaired) electrons. The molecule has 36 heavy (non-hydrogen) atoms. The minimum atomic E-state index is -0.368. The van der Waals surface area contributed by atoms with E-state index in [1.807, 2.05) is 78.9 Å². The van der Waals surface area contributed by atoms with Crippen LogP contribution in [-0.4, -0.2) is 19.2 Å². The number of nitrogens with one attached hydrogen (secondary N) is 1. The number of hydrazone groups is 1. The van der Waals surface area contributed by atoms with E-state index in [-0.39, 0.29) is 5.91 Å². The van der Waals surface area contributed by atoms with Gasteiger partial charge in [-0.05, 0) is 53.6 Å². The van der Waals surface area contributed by atoms with E-state index >= 15 is 0 Å². The molecule has 0 saturated carbocycles. The molecule has 7 heteroatoms. The summed E-state index contributed by atoms with van der Waals surface area (Å²) < 4.78 is 18.2. The van der Waals surface area contributed by atoms with Crippen molar-refractivity contribution in [2.45, 2.75) is 13.2 Å². The summed E-state index contributed by atoms with van der Waals surface area (Å²) in [5.41, 5.74) is 5.79. The zero-order chi connectivity index (χ0) is 25.2. The first-order valence-electron chi connectivity index (χ1n) is 11.3. The lowest BCUT2D eigenvalue weighted by atomic mass is 10.2. The molecule has 0 saturated heterocycles. The van der Waals surface area contributed by atoms with Crippen LogP contribution in [0.25, 0.3) is 0 Å². The van der Waals surface area contributed by atoms with Crippen LogP contribution in [0.4, 0.5) is 0 Å². The van der Waals surface area contributed by atoms with Crippen LogP contribution in [0.15, 0.2) is 107 Å². The number of rotatable bonds is 10. The van der Waals surface area contributed by atoms with Gasteiger partial charge in [0, 0.05) is 15.6 Å². The lowest BCUT2D eigenvalue weighted by Gasteiger charge is -2.12. The first-order valence-corrected chi connectivity index (χ1v) is 12.1. The maximum atomic E-state index is 12.7. The summed E-state index contributed by atoms with van der Waals surface area (Å²) in [4.78, 5) is 12.7. The number of nitrogens with zero attached hydrogens (tertiary/aromatic N) is 1. The largest absolute Gasteiger partial charge is 0.493 e. The van der Waals surface area contributed by atoms with E-state index in [9.17, 15) is 4.79 Å². The summed E-state index contributed by atoms with van der Waals surface area (Å²) in [5, 5.41) is 4.12. The number of carbonyl (C=O) groups excluding carboxylic acids is 1. The Balaban J connectivity index is 1.36. The molecular formula is C29H25BrN2O4. The van der Waals surface area contributed by atoms with Gasteiger partial charge in [0.05, 0.1) is 13.3 Å². The number of carbonyl (C=O) groups is 1. The second-order valence-electron chi connectivity index (χ2n) is 7.79. The molecule has 6 nitrogen and oxygen atoms in total. The molecule has 0 heterocycles. The van der Waals surface area contributed by atoms with Crippen molar-refractivity contribution in [2.24, 2.45) is 5.10 Å². The SMILES string of the molecule is COc1cc(C(=O)N/N=C/c2ccccc2OCc2ccc(Br)cc2)ccc1OCc1ccccc1. The Kier molecular flexibility index (Phi) is 8.72. The van der Waals surface area contributed by atoms with Gasteiger partial charge < -0.3 is 14.2 Å². The van der Waals surface area contributed by atoms with Crippen LogP contribution in [0.3, 0.4) is 0 Å². The standard InChI is InChI=1S/C29H25BrN2O4/c1-34-28-17-23(13-16-27(28)36-19-21-7-3-2-4-8-21)29(33)32-31-18-24-9-5-6-10-26(24)35-20-22-11-14-25(30)15-12-22/h2-18H,19-20H2,1H3,(H,32,33)/b31-18+. The van der Waals surface area contributed by atoms with Gasteiger partial charge >= 0.3 is 0 Å². The van der Waals surface area contributed by atoms with Crippen LogP contribution in [-0.2, 0) is 13.2 Å². The normalized spacial score (nSPS) is 10.7. The highest BCUT2D eigenvalue weighted by Crippen LogP contribution is 2.29. The van der Waals surface area contributed by atoms with Crippen LogP contribution < -0.4 is 19.6 Å². The third kappa shape index (κ3) is 6.96. The molecule has 1 amide bonds. The summed E-state index contributed by atoms with van der Waals surface area (Å²) in [6.45, 7) is 0.819.